The minimum absolute atomic E-state index is 0.0859. The fourth-order valence-corrected chi connectivity index (χ4v) is 3.78. The van der Waals surface area contributed by atoms with Crippen LogP contribution in [-0.4, -0.2) is 31.1 Å². The summed E-state index contributed by atoms with van der Waals surface area (Å²) in [5, 5.41) is 10.3. The Morgan fingerprint density at radius 1 is 1.16 bits per heavy atom. The summed E-state index contributed by atoms with van der Waals surface area (Å²) in [6, 6.07) is 12.7. The first kappa shape index (κ1) is 17.5. The molecule has 2 aromatic heterocycles. The Hall–Kier alpha value is -2.27. The topological polar surface area (TPSA) is 52.2 Å². The van der Waals surface area contributed by atoms with Crippen LogP contribution in [0.15, 0.2) is 53.0 Å². The molecule has 0 saturated carbocycles. The molecule has 132 valence electrons. The van der Waals surface area contributed by atoms with E-state index in [1.54, 1.807) is 11.3 Å². The van der Waals surface area contributed by atoms with Gasteiger partial charge in [-0.2, -0.15) is 0 Å². The van der Waals surface area contributed by atoms with Gasteiger partial charge in [0.05, 0.1) is 0 Å². The molecular formula is C20H26N4S. The van der Waals surface area contributed by atoms with Gasteiger partial charge in [-0.25, -0.2) is 0 Å². The third-order valence-corrected chi connectivity index (χ3v) is 5.71. The Labute approximate surface area is 153 Å². The van der Waals surface area contributed by atoms with E-state index in [-0.39, 0.29) is 5.41 Å². The van der Waals surface area contributed by atoms with E-state index in [1.807, 2.05) is 7.05 Å². The summed E-state index contributed by atoms with van der Waals surface area (Å²) in [7, 11) is 1.82. The van der Waals surface area contributed by atoms with Crippen molar-refractivity contribution in [1.29, 1.82) is 0 Å². The Morgan fingerprint density at radius 2 is 2.00 bits per heavy atom. The lowest BCUT2D eigenvalue weighted by Gasteiger charge is -2.25. The number of fused-ring (bicyclic) bond motifs is 1. The highest BCUT2D eigenvalue weighted by molar-refractivity contribution is 7.10. The molecule has 2 heterocycles. The zero-order valence-corrected chi connectivity index (χ0v) is 15.9. The van der Waals surface area contributed by atoms with E-state index in [9.17, 15) is 0 Å². The van der Waals surface area contributed by atoms with Crippen molar-refractivity contribution in [3.63, 3.8) is 0 Å². The third kappa shape index (κ3) is 4.23. The molecule has 3 rings (SSSR count). The van der Waals surface area contributed by atoms with E-state index in [0.717, 1.165) is 25.5 Å². The summed E-state index contributed by atoms with van der Waals surface area (Å²) in [5.41, 5.74) is 2.61. The van der Waals surface area contributed by atoms with Gasteiger partial charge < -0.3 is 15.6 Å². The number of para-hydroxylation sites is 1. The molecule has 0 bridgehead atoms. The van der Waals surface area contributed by atoms with Crippen molar-refractivity contribution < 1.29 is 0 Å². The van der Waals surface area contributed by atoms with E-state index in [1.165, 1.54) is 21.3 Å². The highest BCUT2D eigenvalue weighted by Gasteiger charge is 2.21. The smallest absolute Gasteiger partial charge is 0.191 e. The summed E-state index contributed by atoms with van der Waals surface area (Å²) in [4.78, 5) is 9.06. The standard InChI is InChI=1S/C20H26N4S/c1-20(2,18-9-6-12-25-18)14-24-19(21-3)22-11-10-15-13-23-17-8-5-4-7-16(15)17/h4-9,12-13,23H,10-11,14H2,1-3H3,(H2,21,22,24). The van der Waals surface area contributed by atoms with Gasteiger partial charge in [0.15, 0.2) is 5.96 Å². The molecule has 1 aromatic carbocycles. The molecule has 0 fully saturated rings. The molecule has 0 aliphatic rings. The maximum absolute atomic E-state index is 4.34. The number of hydrogen-bond acceptors (Lipinski definition) is 2. The molecule has 5 heteroatoms. The van der Waals surface area contributed by atoms with Crippen LogP contribution in [-0.2, 0) is 11.8 Å². The van der Waals surface area contributed by atoms with Gasteiger partial charge in [0.1, 0.15) is 0 Å². The number of thiophene rings is 1. The van der Waals surface area contributed by atoms with Gasteiger partial charge in [-0.3, -0.25) is 4.99 Å². The number of guanidine groups is 1. The van der Waals surface area contributed by atoms with Gasteiger partial charge in [-0.05, 0) is 29.5 Å². The fraction of sp³-hybridized carbons (Fsp3) is 0.350. The van der Waals surface area contributed by atoms with Crippen molar-refractivity contribution >= 4 is 28.2 Å². The van der Waals surface area contributed by atoms with Crippen LogP contribution in [0.5, 0.6) is 0 Å². The van der Waals surface area contributed by atoms with Gasteiger partial charge in [-0.1, -0.05) is 38.1 Å². The zero-order chi connectivity index (χ0) is 17.7. The maximum Gasteiger partial charge on any atom is 0.191 e. The van der Waals surface area contributed by atoms with Crippen LogP contribution in [0.3, 0.4) is 0 Å². The third-order valence-electron chi connectivity index (χ3n) is 4.47. The minimum atomic E-state index is 0.0859. The second-order valence-electron chi connectivity index (χ2n) is 6.82. The molecule has 0 radical (unpaired) electrons. The highest BCUT2D eigenvalue weighted by atomic mass is 32.1. The average molecular weight is 355 g/mol. The Bertz CT molecular complexity index is 830. The van der Waals surface area contributed by atoms with Gasteiger partial charge in [0, 0.05) is 47.5 Å². The first-order valence-corrected chi connectivity index (χ1v) is 9.51. The predicted octanol–water partition coefficient (Wildman–Crippen LogP) is 3.91. The monoisotopic (exact) mass is 354 g/mol. The van der Waals surface area contributed by atoms with Crippen LogP contribution in [0, 0.1) is 0 Å². The molecule has 3 aromatic rings. The van der Waals surface area contributed by atoms with Crippen LogP contribution in [0.2, 0.25) is 0 Å². The number of hydrogen-bond donors (Lipinski definition) is 3. The molecule has 0 saturated heterocycles. The Morgan fingerprint density at radius 3 is 2.76 bits per heavy atom. The van der Waals surface area contributed by atoms with Crippen molar-refractivity contribution in [2.45, 2.75) is 25.7 Å². The van der Waals surface area contributed by atoms with E-state index >= 15 is 0 Å². The quantitative estimate of drug-likeness (QED) is 0.464. The number of H-pyrrole nitrogens is 1. The van der Waals surface area contributed by atoms with E-state index in [4.69, 9.17) is 0 Å². The van der Waals surface area contributed by atoms with E-state index in [0.29, 0.717) is 0 Å². The number of nitrogens with one attached hydrogen (secondary N) is 3. The highest BCUT2D eigenvalue weighted by Crippen LogP contribution is 2.26. The lowest BCUT2D eigenvalue weighted by molar-refractivity contribution is 0.518. The van der Waals surface area contributed by atoms with Crippen molar-refractivity contribution in [3.05, 3.63) is 58.4 Å². The molecular weight excluding hydrogens is 328 g/mol. The molecule has 0 aliphatic heterocycles. The van der Waals surface area contributed by atoms with Gasteiger partial charge in [0.25, 0.3) is 0 Å². The number of aromatic amines is 1. The summed E-state index contributed by atoms with van der Waals surface area (Å²) in [6.07, 6.45) is 3.06. The Balaban J connectivity index is 1.51. The van der Waals surface area contributed by atoms with Crippen molar-refractivity contribution in [2.24, 2.45) is 4.99 Å². The summed E-state index contributed by atoms with van der Waals surface area (Å²) in [5.74, 6) is 0.851. The molecule has 4 nitrogen and oxygen atoms in total. The number of nitrogens with zero attached hydrogens (tertiary/aromatic N) is 1. The van der Waals surface area contributed by atoms with Gasteiger partial charge in [0.2, 0.25) is 0 Å². The number of benzene rings is 1. The molecule has 25 heavy (non-hydrogen) atoms. The van der Waals surface area contributed by atoms with Crippen molar-refractivity contribution in [1.82, 2.24) is 15.6 Å². The lowest BCUT2D eigenvalue weighted by Crippen LogP contribution is -2.43. The zero-order valence-electron chi connectivity index (χ0n) is 15.1. The predicted molar refractivity (Wildman–Crippen MR) is 109 cm³/mol. The summed E-state index contributed by atoms with van der Waals surface area (Å²) in [6.45, 7) is 6.21. The van der Waals surface area contributed by atoms with Crippen LogP contribution < -0.4 is 10.6 Å². The first-order valence-electron chi connectivity index (χ1n) is 8.63. The van der Waals surface area contributed by atoms with Crippen LogP contribution in [0.25, 0.3) is 10.9 Å². The minimum Gasteiger partial charge on any atom is -0.361 e. The average Bonchev–Trinajstić information content (AvgIpc) is 3.28. The number of rotatable bonds is 6. The second kappa shape index (κ2) is 7.74. The molecule has 3 N–H and O–H groups in total. The molecule has 0 atom stereocenters. The van der Waals surface area contributed by atoms with Crippen LogP contribution in [0.1, 0.15) is 24.3 Å². The molecule has 0 aliphatic carbocycles. The lowest BCUT2D eigenvalue weighted by atomic mass is 9.91. The Kier molecular flexibility index (Phi) is 5.43. The van der Waals surface area contributed by atoms with Crippen molar-refractivity contribution in [2.75, 3.05) is 20.1 Å². The first-order chi connectivity index (χ1) is 12.1. The second-order valence-corrected chi connectivity index (χ2v) is 7.77. The van der Waals surface area contributed by atoms with Gasteiger partial charge in [-0.15, -0.1) is 11.3 Å². The van der Waals surface area contributed by atoms with E-state index < -0.39 is 0 Å². The maximum atomic E-state index is 4.34. The molecule has 0 amide bonds. The van der Waals surface area contributed by atoms with Gasteiger partial charge >= 0.3 is 0 Å². The largest absolute Gasteiger partial charge is 0.361 e. The van der Waals surface area contributed by atoms with Crippen LogP contribution >= 0.6 is 11.3 Å². The SMILES string of the molecule is CN=C(NCCc1c[nH]c2ccccc12)NCC(C)(C)c1cccs1. The normalized spacial score (nSPS) is 12.5. The summed E-state index contributed by atoms with van der Waals surface area (Å²) < 4.78 is 0. The fourth-order valence-electron chi connectivity index (χ4n) is 2.93. The molecule has 0 spiro atoms. The number of aliphatic imine (C=N–C) groups is 1. The summed E-state index contributed by atoms with van der Waals surface area (Å²) >= 11 is 1.80. The van der Waals surface area contributed by atoms with Crippen LogP contribution in [0.4, 0.5) is 0 Å². The molecule has 0 unspecified atom stereocenters. The number of aromatic nitrogens is 1. The van der Waals surface area contributed by atoms with E-state index in [2.05, 4.69) is 82.4 Å². The van der Waals surface area contributed by atoms with Crippen molar-refractivity contribution in [3.8, 4) is 0 Å².